The molecule has 5 nitrogen and oxygen atoms in total. The Morgan fingerprint density at radius 1 is 1.48 bits per heavy atom. The maximum atomic E-state index is 11.7. The molecule has 1 amide bonds. The van der Waals surface area contributed by atoms with Crippen LogP contribution in [0.3, 0.4) is 0 Å². The Morgan fingerprint density at radius 2 is 2.19 bits per heavy atom. The first-order valence-corrected chi connectivity index (χ1v) is 7.29. The maximum absolute atomic E-state index is 11.7. The Hall–Kier alpha value is -2.04. The molecule has 2 N–H and O–H groups in total. The van der Waals surface area contributed by atoms with E-state index in [4.69, 9.17) is 9.52 Å². The number of carboxylic acids is 1. The van der Waals surface area contributed by atoms with Crippen molar-refractivity contribution in [1.82, 2.24) is 5.32 Å². The summed E-state index contributed by atoms with van der Waals surface area (Å²) in [5, 5.41) is 11.7. The van der Waals surface area contributed by atoms with Crippen LogP contribution in [0.5, 0.6) is 0 Å². The zero-order valence-corrected chi connectivity index (χ0v) is 12.0. The van der Waals surface area contributed by atoms with Crippen molar-refractivity contribution in [2.24, 2.45) is 11.3 Å². The van der Waals surface area contributed by atoms with Crippen LogP contribution in [0.25, 0.3) is 6.08 Å². The summed E-state index contributed by atoms with van der Waals surface area (Å²) in [6.07, 6.45) is 5.43. The summed E-state index contributed by atoms with van der Waals surface area (Å²) in [6, 6.07) is 3.80. The van der Waals surface area contributed by atoms with Crippen molar-refractivity contribution in [2.45, 2.75) is 32.1 Å². The normalized spacial score (nSPS) is 25.8. The predicted octanol–water partition coefficient (Wildman–Crippen LogP) is 2.40. The van der Waals surface area contributed by atoms with Gasteiger partial charge in [0, 0.05) is 18.5 Å². The molecular weight excluding hydrogens is 270 g/mol. The summed E-state index contributed by atoms with van der Waals surface area (Å²) < 4.78 is 5.66. The Morgan fingerprint density at radius 3 is 2.76 bits per heavy atom. The Balaban J connectivity index is 1.50. The van der Waals surface area contributed by atoms with Crippen molar-refractivity contribution in [1.29, 1.82) is 0 Å². The Bertz CT molecular complexity index is 597. The number of aliphatic carboxylic acids is 1. The lowest BCUT2D eigenvalue weighted by atomic mass is 10.1. The van der Waals surface area contributed by atoms with Gasteiger partial charge in [-0.05, 0) is 43.4 Å². The van der Waals surface area contributed by atoms with Crippen LogP contribution >= 0.6 is 0 Å². The largest absolute Gasteiger partial charge is 0.481 e. The van der Waals surface area contributed by atoms with E-state index in [1.54, 1.807) is 6.08 Å². The van der Waals surface area contributed by atoms with Crippen molar-refractivity contribution in [3.63, 3.8) is 0 Å². The molecule has 2 atom stereocenters. The third-order valence-electron chi connectivity index (χ3n) is 4.43. The van der Waals surface area contributed by atoms with E-state index in [1.807, 2.05) is 12.1 Å². The molecule has 2 saturated carbocycles. The van der Waals surface area contributed by atoms with E-state index in [1.165, 1.54) is 6.08 Å². The van der Waals surface area contributed by atoms with E-state index >= 15 is 0 Å². The number of carboxylic acid groups (broad SMARTS) is 1. The highest BCUT2D eigenvalue weighted by molar-refractivity contribution is 5.92. The molecule has 2 aliphatic carbocycles. The zero-order chi connectivity index (χ0) is 15.0. The monoisotopic (exact) mass is 289 g/mol. The highest BCUT2D eigenvalue weighted by Gasteiger charge is 2.50. The molecule has 21 heavy (non-hydrogen) atoms. The minimum atomic E-state index is -0.832. The number of hydrogen-bond donors (Lipinski definition) is 2. The van der Waals surface area contributed by atoms with Gasteiger partial charge in [-0.1, -0.05) is 6.92 Å². The highest BCUT2D eigenvalue weighted by atomic mass is 16.4. The number of rotatable bonds is 6. The topological polar surface area (TPSA) is 79.5 Å². The van der Waals surface area contributed by atoms with Crippen LogP contribution in [-0.2, 0) is 9.59 Å². The standard InChI is InChI=1S/C16H19NO4/c1-10-8-12(10)13-4-2-11(21-13)3-5-14(18)17-9-16(6-7-16)15(19)20/h2-5,10,12H,6-9H2,1H3,(H,17,18)(H,19,20)/b5-3+. The van der Waals surface area contributed by atoms with E-state index < -0.39 is 11.4 Å². The van der Waals surface area contributed by atoms with Crippen LogP contribution in [0, 0.1) is 11.3 Å². The molecule has 1 aromatic rings. The van der Waals surface area contributed by atoms with E-state index in [2.05, 4.69) is 12.2 Å². The lowest BCUT2D eigenvalue weighted by Crippen LogP contribution is -2.33. The summed E-state index contributed by atoms with van der Waals surface area (Å²) in [5.41, 5.74) is -0.733. The van der Waals surface area contributed by atoms with E-state index in [-0.39, 0.29) is 12.5 Å². The van der Waals surface area contributed by atoms with E-state index in [0.29, 0.717) is 30.4 Å². The number of amides is 1. The van der Waals surface area contributed by atoms with Gasteiger partial charge in [-0.15, -0.1) is 0 Å². The van der Waals surface area contributed by atoms with Crippen molar-refractivity contribution >= 4 is 18.0 Å². The molecule has 3 rings (SSSR count). The van der Waals surface area contributed by atoms with Crippen molar-refractivity contribution in [3.05, 3.63) is 29.7 Å². The smallest absolute Gasteiger partial charge is 0.311 e. The second-order valence-electron chi connectivity index (χ2n) is 6.20. The summed E-state index contributed by atoms with van der Waals surface area (Å²) in [6.45, 7) is 2.38. The molecule has 0 bridgehead atoms. The van der Waals surface area contributed by atoms with Gasteiger partial charge in [0.15, 0.2) is 0 Å². The van der Waals surface area contributed by atoms with Crippen LogP contribution in [-0.4, -0.2) is 23.5 Å². The van der Waals surface area contributed by atoms with Gasteiger partial charge in [-0.2, -0.15) is 0 Å². The third-order valence-corrected chi connectivity index (χ3v) is 4.43. The lowest BCUT2D eigenvalue weighted by Gasteiger charge is -2.09. The molecule has 2 aliphatic rings. The summed E-state index contributed by atoms with van der Waals surface area (Å²) >= 11 is 0. The van der Waals surface area contributed by atoms with Crippen molar-refractivity contribution < 1.29 is 19.1 Å². The second kappa shape index (κ2) is 5.06. The quantitative estimate of drug-likeness (QED) is 0.788. The number of furan rings is 1. The minimum absolute atomic E-state index is 0.189. The van der Waals surface area contributed by atoms with Gasteiger partial charge in [0.1, 0.15) is 11.5 Å². The molecule has 2 fully saturated rings. The fourth-order valence-corrected chi connectivity index (χ4v) is 2.47. The maximum Gasteiger partial charge on any atom is 0.311 e. The molecule has 5 heteroatoms. The molecule has 0 aliphatic heterocycles. The predicted molar refractivity (Wildman–Crippen MR) is 76.6 cm³/mol. The number of carbonyl (C=O) groups excluding carboxylic acids is 1. The number of hydrogen-bond acceptors (Lipinski definition) is 3. The van der Waals surface area contributed by atoms with Gasteiger partial charge in [0.25, 0.3) is 0 Å². The SMILES string of the molecule is CC1CC1c1ccc(/C=C/C(=O)NCC2(C(=O)O)CC2)o1. The van der Waals surface area contributed by atoms with Crippen LogP contribution in [0.2, 0.25) is 0 Å². The zero-order valence-electron chi connectivity index (χ0n) is 12.0. The van der Waals surface area contributed by atoms with Crippen LogP contribution in [0.15, 0.2) is 22.6 Å². The molecule has 0 saturated heterocycles. The minimum Gasteiger partial charge on any atom is -0.481 e. The first-order valence-electron chi connectivity index (χ1n) is 7.29. The van der Waals surface area contributed by atoms with Gasteiger partial charge < -0.3 is 14.8 Å². The number of nitrogens with one attached hydrogen (secondary N) is 1. The van der Waals surface area contributed by atoms with E-state index in [0.717, 1.165) is 12.2 Å². The Kier molecular flexibility index (Phi) is 3.35. The molecular formula is C16H19NO4. The van der Waals surface area contributed by atoms with E-state index in [9.17, 15) is 9.59 Å². The lowest BCUT2D eigenvalue weighted by molar-refractivity contribution is -0.143. The number of carbonyl (C=O) groups is 2. The fraction of sp³-hybridized carbons (Fsp3) is 0.500. The molecule has 0 spiro atoms. The molecule has 2 unspecified atom stereocenters. The second-order valence-corrected chi connectivity index (χ2v) is 6.20. The van der Waals surface area contributed by atoms with Gasteiger partial charge in [-0.25, -0.2) is 0 Å². The van der Waals surface area contributed by atoms with Crippen LogP contribution in [0.4, 0.5) is 0 Å². The molecule has 1 aromatic heterocycles. The summed E-state index contributed by atoms with van der Waals surface area (Å²) in [5.74, 6) is 1.71. The first-order chi connectivity index (χ1) is 10.00. The average molecular weight is 289 g/mol. The molecule has 0 aromatic carbocycles. The van der Waals surface area contributed by atoms with Gasteiger partial charge in [-0.3, -0.25) is 9.59 Å². The van der Waals surface area contributed by atoms with Crippen molar-refractivity contribution in [2.75, 3.05) is 6.54 Å². The first kappa shape index (κ1) is 13.9. The van der Waals surface area contributed by atoms with Gasteiger partial charge in [0.05, 0.1) is 5.41 Å². The highest BCUT2D eigenvalue weighted by Crippen LogP contribution is 2.47. The van der Waals surface area contributed by atoms with Gasteiger partial charge >= 0.3 is 5.97 Å². The van der Waals surface area contributed by atoms with Crippen LogP contribution in [0.1, 0.15) is 43.6 Å². The average Bonchev–Trinajstić information content (AvgIpc) is 3.34. The summed E-state index contributed by atoms with van der Waals surface area (Å²) in [4.78, 5) is 22.7. The molecule has 0 radical (unpaired) electrons. The third kappa shape index (κ3) is 3.01. The summed E-state index contributed by atoms with van der Waals surface area (Å²) in [7, 11) is 0. The Labute approximate surface area is 123 Å². The molecule has 1 heterocycles. The van der Waals surface area contributed by atoms with Crippen LogP contribution < -0.4 is 5.32 Å². The van der Waals surface area contributed by atoms with Crippen molar-refractivity contribution in [3.8, 4) is 0 Å². The van der Waals surface area contributed by atoms with Gasteiger partial charge in [0.2, 0.25) is 5.91 Å². The molecule has 112 valence electrons. The fourth-order valence-electron chi connectivity index (χ4n) is 2.47.